The fraction of sp³-hybridized carbons (Fsp3) is 0.348. The SMILES string of the molecule is Cc1nc(N2CCN(c3cccc(Cl)c3)CC2)nc2c1C(=O)C[C@H](c1ccco1)C2. The summed E-state index contributed by atoms with van der Waals surface area (Å²) in [6, 6.07) is 11.8. The van der Waals surface area contributed by atoms with E-state index >= 15 is 0 Å². The van der Waals surface area contributed by atoms with Crippen LogP contribution in [0.5, 0.6) is 0 Å². The number of rotatable bonds is 3. The Hall–Kier alpha value is -2.86. The highest BCUT2D eigenvalue weighted by Gasteiger charge is 2.32. The van der Waals surface area contributed by atoms with Crippen molar-refractivity contribution in [1.29, 1.82) is 0 Å². The average molecular weight is 423 g/mol. The molecule has 0 spiro atoms. The van der Waals surface area contributed by atoms with Gasteiger partial charge in [-0.1, -0.05) is 17.7 Å². The van der Waals surface area contributed by atoms with Crippen molar-refractivity contribution in [3.05, 3.63) is 70.4 Å². The lowest BCUT2D eigenvalue weighted by atomic mass is 9.84. The Balaban J connectivity index is 1.36. The van der Waals surface area contributed by atoms with Crippen LogP contribution in [-0.4, -0.2) is 41.9 Å². The van der Waals surface area contributed by atoms with E-state index in [2.05, 4.69) is 15.9 Å². The number of hydrogen-bond acceptors (Lipinski definition) is 6. The van der Waals surface area contributed by atoms with Gasteiger partial charge in [0.25, 0.3) is 0 Å². The third-order valence-corrected chi connectivity index (χ3v) is 6.22. The van der Waals surface area contributed by atoms with Crippen LogP contribution in [0.1, 0.15) is 39.8 Å². The minimum Gasteiger partial charge on any atom is -0.469 e. The summed E-state index contributed by atoms with van der Waals surface area (Å²) in [5.41, 5.74) is 3.44. The van der Waals surface area contributed by atoms with Crippen LogP contribution in [0.25, 0.3) is 0 Å². The summed E-state index contributed by atoms with van der Waals surface area (Å²) in [6.45, 7) is 5.29. The quantitative estimate of drug-likeness (QED) is 0.628. The second-order valence-corrected chi connectivity index (χ2v) is 8.36. The first-order chi connectivity index (χ1) is 14.6. The number of anilines is 2. The molecule has 2 aromatic heterocycles. The third-order valence-electron chi connectivity index (χ3n) is 5.98. The third kappa shape index (κ3) is 3.56. The fourth-order valence-electron chi connectivity index (χ4n) is 4.46. The molecule has 0 N–H and O–H groups in total. The number of nitrogens with zero attached hydrogens (tertiary/aromatic N) is 4. The van der Waals surface area contributed by atoms with Crippen LogP contribution in [0.4, 0.5) is 11.6 Å². The van der Waals surface area contributed by atoms with Gasteiger partial charge in [-0.25, -0.2) is 9.97 Å². The zero-order chi connectivity index (χ0) is 20.7. The minimum absolute atomic E-state index is 0.0434. The highest BCUT2D eigenvalue weighted by atomic mass is 35.5. The molecule has 1 atom stereocenters. The number of Topliss-reactive ketones (excluding diaryl/α,β-unsaturated/α-hetero) is 1. The maximum atomic E-state index is 12.8. The topological polar surface area (TPSA) is 62.5 Å². The molecule has 6 nitrogen and oxygen atoms in total. The molecule has 154 valence electrons. The lowest BCUT2D eigenvalue weighted by molar-refractivity contribution is 0.0958. The Labute approximate surface area is 180 Å². The fourth-order valence-corrected chi connectivity index (χ4v) is 4.65. The summed E-state index contributed by atoms with van der Waals surface area (Å²) in [5.74, 6) is 1.71. The van der Waals surface area contributed by atoms with Crippen LogP contribution in [0, 0.1) is 6.92 Å². The molecule has 2 aliphatic rings. The van der Waals surface area contributed by atoms with Gasteiger partial charge in [0.15, 0.2) is 5.78 Å². The molecule has 30 heavy (non-hydrogen) atoms. The number of aromatic nitrogens is 2. The predicted molar refractivity (Wildman–Crippen MR) is 117 cm³/mol. The van der Waals surface area contributed by atoms with Gasteiger partial charge in [-0.05, 0) is 37.3 Å². The van der Waals surface area contributed by atoms with E-state index in [4.69, 9.17) is 26.0 Å². The molecule has 1 fully saturated rings. The van der Waals surface area contributed by atoms with Crippen LogP contribution in [0.2, 0.25) is 5.02 Å². The Bertz CT molecular complexity index is 1070. The summed E-state index contributed by atoms with van der Waals surface area (Å²) in [6.07, 6.45) is 2.81. The van der Waals surface area contributed by atoms with Gasteiger partial charge in [-0.3, -0.25) is 4.79 Å². The van der Waals surface area contributed by atoms with E-state index in [0.29, 0.717) is 24.4 Å². The van der Waals surface area contributed by atoms with Crippen molar-refractivity contribution in [3.8, 4) is 0 Å². The number of furan rings is 1. The standard InChI is InChI=1S/C23H23ClN4O2/c1-15-22-19(12-16(13-20(22)29)21-6-3-11-30-21)26-23(25-15)28-9-7-27(8-10-28)18-5-2-4-17(24)14-18/h2-6,11,14,16H,7-10,12-13H2,1H3/t16-/m1/s1. The molecule has 0 radical (unpaired) electrons. The molecule has 1 aliphatic heterocycles. The van der Waals surface area contributed by atoms with Crippen LogP contribution in [-0.2, 0) is 6.42 Å². The Morgan fingerprint density at radius 1 is 1.03 bits per heavy atom. The van der Waals surface area contributed by atoms with E-state index in [1.54, 1.807) is 6.26 Å². The summed E-state index contributed by atoms with van der Waals surface area (Å²) in [5, 5.41) is 0.749. The van der Waals surface area contributed by atoms with Crippen LogP contribution in [0.3, 0.4) is 0 Å². The van der Waals surface area contributed by atoms with Gasteiger partial charge in [-0.2, -0.15) is 0 Å². The van der Waals surface area contributed by atoms with Crippen LogP contribution < -0.4 is 9.80 Å². The number of aryl methyl sites for hydroxylation is 1. The number of piperazine rings is 1. The first-order valence-corrected chi connectivity index (χ1v) is 10.7. The summed E-state index contributed by atoms with van der Waals surface area (Å²) in [7, 11) is 0. The largest absolute Gasteiger partial charge is 0.469 e. The predicted octanol–water partition coefficient (Wildman–Crippen LogP) is 4.27. The van der Waals surface area contributed by atoms with Crippen molar-refractivity contribution in [2.45, 2.75) is 25.7 Å². The maximum absolute atomic E-state index is 12.8. The normalized spacial score (nSPS) is 19.1. The number of ketones is 1. The molecule has 7 heteroatoms. The number of halogens is 1. The van der Waals surface area contributed by atoms with Gasteiger partial charge in [-0.15, -0.1) is 0 Å². The Morgan fingerprint density at radius 3 is 2.57 bits per heavy atom. The average Bonchev–Trinajstić information content (AvgIpc) is 3.28. The molecular weight excluding hydrogens is 400 g/mol. The van der Waals surface area contributed by atoms with Crippen molar-refractivity contribution in [3.63, 3.8) is 0 Å². The maximum Gasteiger partial charge on any atom is 0.225 e. The van der Waals surface area contributed by atoms with Crippen molar-refractivity contribution < 1.29 is 9.21 Å². The molecule has 1 aromatic carbocycles. The number of carbonyl (C=O) groups is 1. The number of carbonyl (C=O) groups excluding carboxylic acids is 1. The minimum atomic E-state index is 0.0434. The summed E-state index contributed by atoms with van der Waals surface area (Å²) < 4.78 is 5.55. The van der Waals surface area contributed by atoms with E-state index in [-0.39, 0.29) is 11.7 Å². The van der Waals surface area contributed by atoms with Crippen LogP contribution in [0.15, 0.2) is 47.1 Å². The first kappa shape index (κ1) is 19.1. The highest BCUT2D eigenvalue weighted by Crippen LogP contribution is 2.34. The van der Waals surface area contributed by atoms with Gasteiger partial charge in [0, 0.05) is 55.6 Å². The second kappa shape index (κ2) is 7.76. The molecule has 3 heterocycles. The summed E-state index contributed by atoms with van der Waals surface area (Å²) >= 11 is 6.14. The molecule has 0 bridgehead atoms. The lowest BCUT2D eigenvalue weighted by Crippen LogP contribution is -2.47. The molecule has 5 rings (SSSR count). The molecule has 1 aliphatic carbocycles. The van der Waals surface area contributed by atoms with Crippen LogP contribution >= 0.6 is 11.6 Å². The second-order valence-electron chi connectivity index (χ2n) is 7.93. The molecule has 0 saturated carbocycles. The van der Waals surface area contributed by atoms with Gasteiger partial charge in [0.1, 0.15) is 5.76 Å². The van der Waals surface area contributed by atoms with Crippen molar-refractivity contribution in [2.75, 3.05) is 36.0 Å². The Morgan fingerprint density at radius 2 is 1.83 bits per heavy atom. The van der Waals surface area contributed by atoms with E-state index in [9.17, 15) is 4.79 Å². The van der Waals surface area contributed by atoms with E-state index in [1.807, 2.05) is 37.3 Å². The lowest BCUT2D eigenvalue weighted by Gasteiger charge is -2.36. The Kier molecular flexibility index (Phi) is 4.95. The van der Waals surface area contributed by atoms with Crippen molar-refractivity contribution in [1.82, 2.24) is 9.97 Å². The van der Waals surface area contributed by atoms with E-state index in [0.717, 1.165) is 54.0 Å². The van der Waals surface area contributed by atoms with E-state index < -0.39 is 0 Å². The van der Waals surface area contributed by atoms with Crippen molar-refractivity contribution in [2.24, 2.45) is 0 Å². The molecule has 3 aromatic rings. The smallest absolute Gasteiger partial charge is 0.225 e. The number of benzene rings is 1. The molecule has 0 amide bonds. The number of hydrogen-bond donors (Lipinski definition) is 0. The van der Waals surface area contributed by atoms with E-state index in [1.165, 1.54) is 0 Å². The van der Waals surface area contributed by atoms with Gasteiger partial charge in [0.05, 0.1) is 23.2 Å². The molecular formula is C23H23ClN4O2. The number of fused-ring (bicyclic) bond motifs is 1. The first-order valence-electron chi connectivity index (χ1n) is 10.3. The monoisotopic (exact) mass is 422 g/mol. The molecule has 0 unspecified atom stereocenters. The van der Waals surface area contributed by atoms with Gasteiger partial charge in [0.2, 0.25) is 5.95 Å². The zero-order valence-electron chi connectivity index (χ0n) is 16.8. The summed E-state index contributed by atoms with van der Waals surface area (Å²) in [4.78, 5) is 26.8. The molecule has 1 saturated heterocycles. The van der Waals surface area contributed by atoms with Gasteiger partial charge < -0.3 is 14.2 Å². The zero-order valence-corrected chi connectivity index (χ0v) is 17.6. The highest BCUT2D eigenvalue weighted by molar-refractivity contribution is 6.30. The van der Waals surface area contributed by atoms with Crippen molar-refractivity contribution >= 4 is 29.0 Å². The van der Waals surface area contributed by atoms with Gasteiger partial charge >= 0.3 is 0 Å².